The van der Waals surface area contributed by atoms with Crippen LogP contribution in [0.5, 0.6) is 5.75 Å². The van der Waals surface area contributed by atoms with Gasteiger partial charge in [-0.2, -0.15) is 0 Å². The summed E-state index contributed by atoms with van der Waals surface area (Å²) in [5.74, 6) is 0.264. The first-order chi connectivity index (χ1) is 9.98. The second-order valence-corrected chi connectivity index (χ2v) is 5.83. The lowest BCUT2D eigenvalue weighted by Gasteiger charge is -2.36. The molecule has 1 atom stereocenters. The zero-order valence-electron chi connectivity index (χ0n) is 12.8. The van der Waals surface area contributed by atoms with Crippen molar-refractivity contribution in [1.82, 2.24) is 0 Å². The Hall–Kier alpha value is -1.75. The maximum atomic E-state index is 11.0. The molecule has 1 aromatic rings. The van der Waals surface area contributed by atoms with Gasteiger partial charge in [-0.15, -0.1) is 0 Å². The molecule has 1 aromatic carbocycles. The van der Waals surface area contributed by atoms with Gasteiger partial charge in [0, 0.05) is 18.3 Å². The van der Waals surface area contributed by atoms with E-state index in [4.69, 9.17) is 9.47 Å². The molecule has 0 radical (unpaired) electrons. The van der Waals surface area contributed by atoms with Gasteiger partial charge in [0.25, 0.3) is 0 Å². The molecule has 0 saturated carbocycles. The molecular weight excluding hydrogens is 270 g/mol. The second-order valence-electron chi connectivity index (χ2n) is 5.83. The molecule has 1 aliphatic rings. The van der Waals surface area contributed by atoms with Crippen LogP contribution in [0.3, 0.4) is 0 Å². The van der Waals surface area contributed by atoms with Gasteiger partial charge in [0.1, 0.15) is 5.75 Å². The highest BCUT2D eigenvalue weighted by molar-refractivity contribution is 5.70. The van der Waals surface area contributed by atoms with E-state index in [0.29, 0.717) is 11.8 Å². The smallest absolute Gasteiger partial charge is 0.343 e. The Labute approximate surface area is 125 Å². The van der Waals surface area contributed by atoms with Crippen molar-refractivity contribution in [2.24, 2.45) is 0 Å². The van der Waals surface area contributed by atoms with Gasteiger partial charge in [-0.25, -0.2) is 4.79 Å². The Morgan fingerprint density at radius 2 is 2.10 bits per heavy atom. The molecule has 0 spiro atoms. The van der Waals surface area contributed by atoms with Gasteiger partial charge in [-0.05, 0) is 51.0 Å². The maximum Gasteiger partial charge on any atom is 0.343 e. The van der Waals surface area contributed by atoms with E-state index >= 15 is 0 Å². The minimum atomic E-state index is -0.387. The number of carbonyl (C=O) groups excluding carboxylic acids is 1. The molecule has 1 saturated heterocycles. The van der Waals surface area contributed by atoms with Gasteiger partial charge in [0.15, 0.2) is 6.61 Å². The van der Waals surface area contributed by atoms with Crippen LogP contribution < -0.4 is 10.1 Å². The number of ether oxygens (including phenoxy) is 3. The third-order valence-electron chi connectivity index (χ3n) is 3.51. The fourth-order valence-electron chi connectivity index (χ4n) is 2.44. The molecule has 5 heteroatoms. The average molecular weight is 293 g/mol. The maximum absolute atomic E-state index is 11.0. The Morgan fingerprint density at radius 1 is 1.38 bits per heavy atom. The molecule has 0 aliphatic carbocycles. The van der Waals surface area contributed by atoms with E-state index in [0.717, 1.165) is 25.1 Å². The van der Waals surface area contributed by atoms with Gasteiger partial charge in [0.2, 0.25) is 0 Å². The highest BCUT2D eigenvalue weighted by atomic mass is 16.6. The quantitative estimate of drug-likeness (QED) is 0.846. The third kappa shape index (κ3) is 4.93. The topological polar surface area (TPSA) is 56.8 Å². The van der Waals surface area contributed by atoms with Crippen molar-refractivity contribution in [1.29, 1.82) is 0 Å². The second kappa shape index (κ2) is 6.80. The fraction of sp³-hybridized carbons (Fsp3) is 0.562. The zero-order valence-corrected chi connectivity index (χ0v) is 12.8. The van der Waals surface area contributed by atoms with Crippen molar-refractivity contribution < 1.29 is 19.0 Å². The molecule has 2 rings (SSSR count). The summed E-state index contributed by atoms with van der Waals surface area (Å²) < 4.78 is 15.6. The van der Waals surface area contributed by atoms with E-state index in [2.05, 4.69) is 23.9 Å². The van der Waals surface area contributed by atoms with Gasteiger partial charge in [0.05, 0.1) is 12.7 Å². The Morgan fingerprint density at radius 3 is 2.71 bits per heavy atom. The minimum Gasteiger partial charge on any atom is -0.482 e. The number of carbonyl (C=O) groups is 1. The molecule has 0 aromatic heterocycles. The molecule has 1 unspecified atom stereocenters. The summed E-state index contributed by atoms with van der Waals surface area (Å²) in [5, 5.41) is 3.51. The van der Waals surface area contributed by atoms with Crippen molar-refractivity contribution in [3.05, 3.63) is 24.3 Å². The van der Waals surface area contributed by atoms with Crippen LogP contribution in [0.2, 0.25) is 0 Å². The van der Waals surface area contributed by atoms with Crippen LogP contribution in [0.4, 0.5) is 5.69 Å². The molecule has 0 bridgehead atoms. The number of methoxy groups -OCH3 is 1. The average Bonchev–Trinajstić information content (AvgIpc) is 2.45. The number of anilines is 1. The number of hydrogen-bond acceptors (Lipinski definition) is 5. The summed E-state index contributed by atoms with van der Waals surface area (Å²) >= 11 is 0. The van der Waals surface area contributed by atoms with Crippen LogP contribution in [0.1, 0.15) is 26.7 Å². The van der Waals surface area contributed by atoms with Gasteiger partial charge < -0.3 is 19.5 Å². The van der Waals surface area contributed by atoms with E-state index in [1.165, 1.54) is 7.11 Å². The first-order valence-corrected chi connectivity index (χ1v) is 7.19. The molecule has 0 amide bonds. The highest BCUT2D eigenvalue weighted by Crippen LogP contribution is 2.27. The molecule has 1 aliphatic heterocycles. The normalized spacial score (nSPS) is 20.6. The number of benzene rings is 1. The molecule has 1 fully saturated rings. The van der Waals surface area contributed by atoms with Crippen LogP contribution in [0.15, 0.2) is 24.3 Å². The molecule has 5 nitrogen and oxygen atoms in total. The van der Waals surface area contributed by atoms with E-state index in [9.17, 15) is 4.79 Å². The van der Waals surface area contributed by atoms with Gasteiger partial charge >= 0.3 is 5.97 Å². The third-order valence-corrected chi connectivity index (χ3v) is 3.51. The van der Waals surface area contributed by atoms with Crippen molar-refractivity contribution in [3.8, 4) is 5.75 Å². The Balaban J connectivity index is 1.86. The van der Waals surface area contributed by atoms with Gasteiger partial charge in [-0.1, -0.05) is 0 Å². The number of nitrogens with one attached hydrogen (secondary N) is 1. The molecular formula is C16H23NO4. The Kier molecular flexibility index (Phi) is 5.07. The van der Waals surface area contributed by atoms with Crippen LogP contribution in [0.25, 0.3) is 0 Å². The summed E-state index contributed by atoms with van der Waals surface area (Å²) in [4.78, 5) is 11.0. The van der Waals surface area contributed by atoms with Crippen molar-refractivity contribution >= 4 is 11.7 Å². The van der Waals surface area contributed by atoms with Crippen LogP contribution in [-0.4, -0.2) is 37.9 Å². The monoisotopic (exact) mass is 293 g/mol. The predicted molar refractivity (Wildman–Crippen MR) is 80.6 cm³/mol. The summed E-state index contributed by atoms with van der Waals surface area (Å²) in [6.45, 7) is 4.94. The molecule has 1 heterocycles. The van der Waals surface area contributed by atoms with E-state index in [-0.39, 0.29) is 18.2 Å². The number of esters is 1. The largest absolute Gasteiger partial charge is 0.482 e. The molecule has 116 valence electrons. The Bertz CT molecular complexity index is 470. The summed E-state index contributed by atoms with van der Waals surface area (Å²) in [6, 6.07) is 8.01. The first kappa shape index (κ1) is 15.6. The van der Waals surface area contributed by atoms with E-state index < -0.39 is 0 Å². The first-order valence-electron chi connectivity index (χ1n) is 7.19. The lowest BCUT2D eigenvalue weighted by molar-refractivity contribution is -0.142. The SMILES string of the molecule is COC(=O)COc1ccc(NC2CCOC(C)(C)C2)cc1. The summed E-state index contributed by atoms with van der Waals surface area (Å²) in [5.41, 5.74) is 0.975. The molecule has 1 N–H and O–H groups in total. The van der Waals surface area contributed by atoms with Gasteiger partial charge in [-0.3, -0.25) is 0 Å². The predicted octanol–water partition coefficient (Wildman–Crippen LogP) is 2.61. The minimum absolute atomic E-state index is 0.0700. The number of hydrogen-bond donors (Lipinski definition) is 1. The van der Waals surface area contributed by atoms with Crippen molar-refractivity contribution in [3.63, 3.8) is 0 Å². The summed E-state index contributed by atoms with van der Waals surface area (Å²) in [7, 11) is 1.34. The van der Waals surface area contributed by atoms with E-state index in [1.54, 1.807) is 0 Å². The zero-order chi connectivity index (χ0) is 15.3. The molecule has 21 heavy (non-hydrogen) atoms. The van der Waals surface area contributed by atoms with Crippen LogP contribution in [0, 0.1) is 0 Å². The van der Waals surface area contributed by atoms with Crippen LogP contribution in [-0.2, 0) is 14.3 Å². The fourth-order valence-corrected chi connectivity index (χ4v) is 2.44. The van der Waals surface area contributed by atoms with Crippen LogP contribution >= 0.6 is 0 Å². The van der Waals surface area contributed by atoms with E-state index in [1.807, 2.05) is 24.3 Å². The highest BCUT2D eigenvalue weighted by Gasteiger charge is 2.28. The van der Waals surface area contributed by atoms with Crippen molar-refractivity contribution in [2.45, 2.75) is 38.3 Å². The van der Waals surface area contributed by atoms with Crippen molar-refractivity contribution in [2.75, 3.05) is 25.6 Å². The lowest BCUT2D eigenvalue weighted by Crippen LogP contribution is -2.40. The standard InChI is InChI=1S/C16H23NO4/c1-16(2)10-13(8-9-21-16)17-12-4-6-14(7-5-12)20-11-15(18)19-3/h4-7,13,17H,8-11H2,1-3H3. The summed E-state index contributed by atoms with van der Waals surface area (Å²) in [6.07, 6.45) is 1.98. The lowest BCUT2D eigenvalue weighted by atomic mass is 9.94. The number of rotatable bonds is 5.